The van der Waals surface area contributed by atoms with Crippen LogP contribution in [0.3, 0.4) is 0 Å². The van der Waals surface area contributed by atoms with Gasteiger partial charge in [-0.05, 0) is 23.8 Å². The number of anilines is 1. The van der Waals surface area contributed by atoms with E-state index in [4.69, 9.17) is 11.6 Å². The van der Waals surface area contributed by atoms with Crippen molar-refractivity contribution in [3.8, 4) is 0 Å². The van der Waals surface area contributed by atoms with Gasteiger partial charge in [0, 0.05) is 0 Å². The number of allylic oxidation sites excluding steroid dienone is 1. The Morgan fingerprint density at radius 1 is 1.10 bits per heavy atom. The van der Waals surface area contributed by atoms with Crippen LogP contribution in [0.25, 0.3) is 16.3 Å². The number of hydrogen-bond acceptors (Lipinski definition) is 4. The van der Waals surface area contributed by atoms with Gasteiger partial charge in [-0.15, -0.1) is 0 Å². The van der Waals surface area contributed by atoms with Gasteiger partial charge >= 0.3 is 0 Å². The minimum atomic E-state index is 0.551. The summed E-state index contributed by atoms with van der Waals surface area (Å²) >= 11 is 7.67. The summed E-state index contributed by atoms with van der Waals surface area (Å²) in [4.78, 5) is 4.42. The summed E-state index contributed by atoms with van der Waals surface area (Å²) in [7, 11) is 0. The van der Waals surface area contributed by atoms with Gasteiger partial charge in [0.2, 0.25) is 5.13 Å². The van der Waals surface area contributed by atoms with Crippen LogP contribution in [0, 0.1) is 0 Å². The molecule has 0 spiro atoms. The second-order valence-corrected chi connectivity index (χ2v) is 5.76. The number of hydrazone groups is 1. The molecule has 0 radical (unpaired) electrons. The van der Waals surface area contributed by atoms with Crippen molar-refractivity contribution in [1.29, 1.82) is 0 Å². The van der Waals surface area contributed by atoms with E-state index in [1.54, 1.807) is 17.6 Å². The maximum absolute atomic E-state index is 6.12. The Morgan fingerprint density at radius 2 is 1.86 bits per heavy atom. The van der Waals surface area contributed by atoms with Gasteiger partial charge in [0.1, 0.15) is 0 Å². The van der Waals surface area contributed by atoms with Gasteiger partial charge in [0.25, 0.3) is 0 Å². The van der Waals surface area contributed by atoms with Gasteiger partial charge in [-0.25, -0.2) is 4.98 Å². The standard InChI is InChI=1S/C16H12ClN3S/c17-13(10-12-6-2-1-3-7-12)11-18-20-16-19-14-8-4-5-9-15(14)21-16/h1-11H,(H,19,20). The largest absolute Gasteiger partial charge is 0.253 e. The van der Waals surface area contributed by atoms with Crippen LogP contribution < -0.4 is 5.43 Å². The van der Waals surface area contributed by atoms with Crippen LogP contribution in [0.4, 0.5) is 5.13 Å². The quantitative estimate of drug-likeness (QED) is 0.545. The molecule has 0 saturated carbocycles. The van der Waals surface area contributed by atoms with Gasteiger partial charge in [-0.2, -0.15) is 5.10 Å². The fraction of sp³-hybridized carbons (Fsp3) is 0. The molecule has 0 unspecified atom stereocenters. The zero-order valence-electron chi connectivity index (χ0n) is 11.0. The van der Waals surface area contributed by atoms with Crippen LogP contribution in [0.15, 0.2) is 64.7 Å². The maximum Gasteiger partial charge on any atom is 0.204 e. The molecular weight excluding hydrogens is 302 g/mol. The summed E-state index contributed by atoms with van der Waals surface area (Å²) in [5.41, 5.74) is 4.90. The second-order valence-electron chi connectivity index (χ2n) is 4.30. The van der Waals surface area contributed by atoms with Crippen LogP contribution in [-0.4, -0.2) is 11.2 Å². The Morgan fingerprint density at radius 3 is 2.67 bits per heavy atom. The summed E-state index contributed by atoms with van der Waals surface area (Å²) < 4.78 is 1.13. The summed E-state index contributed by atoms with van der Waals surface area (Å²) in [6.45, 7) is 0. The van der Waals surface area contributed by atoms with E-state index >= 15 is 0 Å². The molecule has 5 heteroatoms. The Kier molecular flexibility index (Phi) is 4.28. The number of aromatic nitrogens is 1. The minimum absolute atomic E-state index is 0.551. The molecule has 0 atom stereocenters. The normalized spacial score (nSPS) is 12.1. The number of fused-ring (bicyclic) bond motifs is 1. The Bertz CT molecular complexity index is 760. The molecule has 2 aromatic carbocycles. The van der Waals surface area contributed by atoms with Crippen molar-refractivity contribution in [3.63, 3.8) is 0 Å². The minimum Gasteiger partial charge on any atom is -0.253 e. The third-order valence-corrected chi connectivity index (χ3v) is 3.89. The molecule has 0 fully saturated rings. The first-order chi connectivity index (χ1) is 10.3. The van der Waals surface area contributed by atoms with Gasteiger partial charge in [-0.1, -0.05) is 65.4 Å². The zero-order valence-corrected chi connectivity index (χ0v) is 12.6. The Balaban J connectivity index is 1.67. The van der Waals surface area contributed by atoms with Crippen molar-refractivity contribution < 1.29 is 0 Å². The summed E-state index contributed by atoms with van der Waals surface area (Å²) in [6.07, 6.45) is 3.42. The van der Waals surface area contributed by atoms with E-state index in [1.807, 2.05) is 60.7 Å². The summed E-state index contributed by atoms with van der Waals surface area (Å²) in [5, 5.41) is 5.40. The van der Waals surface area contributed by atoms with E-state index in [1.165, 1.54) is 0 Å². The molecule has 21 heavy (non-hydrogen) atoms. The van der Waals surface area contributed by atoms with E-state index in [-0.39, 0.29) is 0 Å². The van der Waals surface area contributed by atoms with E-state index in [0.717, 1.165) is 20.9 Å². The molecule has 3 aromatic rings. The number of hydrogen-bond donors (Lipinski definition) is 1. The second kappa shape index (κ2) is 6.52. The predicted molar refractivity (Wildman–Crippen MR) is 92.0 cm³/mol. The number of thiazole rings is 1. The number of para-hydroxylation sites is 1. The molecule has 0 aliphatic rings. The topological polar surface area (TPSA) is 37.3 Å². The van der Waals surface area contributed by atoms with E-state index in [2.05, 4.69) is 15.5 Å². The smallest absolute Gasteiger partial charge is 0.204 e. The highest BCUT2D eigenvalue weighted by Crippen LogP contribution is 2.25. The average Bonchev–Trinajstić information content (AvgIpc) is 2.91. The predicted octanol–water partition coefficient (Wildman–Crippen LogP) is 4.97. The first-order valence-corrected chi connectivity index (χ1v) is 7.57. The first-order valence-electron chi connectivity index (χ1n) is 6.38. The fourth-order valence-corrected chi connectivity index (χ4v) is 2.81. The van der Waals surface area contributed by atoms with Crippen molar-refractivity contribution in [2.45, 2.75) is 0 Å². The van der Waals surface area contributed by atoms with E-state index in [0.29, 0.717) is 5.03 Å². The highest BCUT2D eigenvalue weighted by molar-refractivity contribution is 7.22. The number of benzene rings is 2. The zero-order chi connectivity index (χ0) is 14.5. The molecule has 0 amide bonds. The molecule has 104 valence electrons. The van der Waals surface area contributed by atoms with Crippen molar-refractivity contribution in [2.24, 2.45) is 5.10 Å². The molecule has 0 bridgehead atoms. The van der Waals surface area contributed by atoms with Crippen molar-refractivity contribution >= 4 is 50.6 Å². The van der Waals surface area contributed by atoms with Crippen LogP contribution in [-0.2, 0) is 0 Å². The van der Waals surface area contributed by atoms with Crippen LogP contribution in [0.2, 0.25) is 0 Å². The van der Waals surface area contributed by atoms with Crippen LogP contribution in [0.1, 0.15) is 5.56 Å². The first kappa shape index (κ1) is 13.8. The molecule has 3 nitrogen and oxygen atoms in total. The van der Waals surface area contributed by atoms with Crippen molar-refractivity contribution in [1.82, 2.24) is 4.98 Å². The third kappa shape index (κ3) is 3.68. The molecule has 0 aliphatic heterocycles. The monoisotopic (exact) mass is 313 g/mol. The molecule has 3 rings (SSSR count). The lowest BCUT2D eigenvalue weighted by Crippen LogP contribution is -1.88. The van der Waals surface area contributed by atoms with Gasteiger partial charge in [0.15, 0.2) is 0 Å². The molecule has 0 saturated heterocycles. The molecule has 1 heterocycles. The van der Waals surface area contributed by atoms with Gasteiger partial charge in [-0.3, -0.25) is 5.43 Å². The maximum atomic E-state index is 6.12. The molecule has 1 aromatic heterocycles. The number of rotatable bonds is 4. The van der Waals surface area contributed by atoms with Crippen LogP contribution >= 0.6 is 22.9 Å². The van der Waals surface area contributed by atoms with E-state index < -0.39 is 0 Å². The third-order valence-electron chi connectivity index (χ3n) is 2.75. The van der Waals surface area contributed by atoms with E-state index in [9.17, 15) is 0 Å². The van der Waals surface area contributed by atoms with Crippen molar-refractivity contribution in [3.05, 3.63) is 65.2 Å². The van der Waals surface area contributed by atoms with Gasteiger partial charge in [0.05, 0.1) is 21.5 Å². The highest BCUT2D eigenvalue weighted by Gasteiger charge is 2.00. The highest BCUT2D eigenvalue weighted by atomic mass is 35.5. The Hall–Kier alpha value is -2.17. The van der Waals surface area contributed by atoms with Crippen molar-refractivity contribution in [2.75, 3.05) is 5.43 Å². The molecular formula is C16H12ClN3S. The van der Waals surface area contributed by atoms with Gasteiger partial charge < -0.3 is 0 Å². The SMILES string of the molecule is ClC(C=NNc1nc2ccccc2s1)=Cc1ccccc1. The Labute approximate surface area is 131 Å². The number of nitrogens with one attached hydrogen (secondary N) is 1. The average molecular weight is 314 g/mol. The van der Waals surface area contributed by atoms with Crippen LogP contribution in [0.5, 0.6) is 0 Å². The summed E-state index contributed by atoms with van der Waals surface area (Å²) in [6, 6.07) is 17.8. The number of halogens is 1. The summed E-state index contributed by atoms with van der Waals surface area (Å²) in [5.74, 6) is 0. The number of nitrogens with zero attached hydrogens (tertiary/aromatic N) is 2. The lowest BCUT2D eigenvalue weighted by atomic mass is 10.2. The lowest BCUT2D eigenvalue weighted by molar-refractivity contribution is 1.31. The lowest BCUT2D eigenvalue weighted by Gasteiger charge is -1.94. The molecule has 1 N–H and O–H groups in total. The molecule has 0 aliphatic carbocycles. The fourth-order valence-electron chi connectivity index (χ4n) is 1.81.